The highest BCUT2D eigenvalue weighted by atomic mass is 19.4. The van der Waals surface area contributed by atoms with Gasteiger partial charge in [-0.1, -0.05) is 12.1 Å². The first kappa shape index (κ1) is 24.5. The third kappa shape index (κ3) is 6.27. The zero-order valence-electron chi connectivity index (χ0n) is 19.1. The van der Waals surface area contributed by atoms with Crippen molar-refractivity contribution in [1.29, 1.82) is 0 Å². The van der Waals surface area contributed by atoms with E-state index in [0.717, 1.165) is 50.8 Å². The maximum Gasteiger partial charge on any atom is 0.416 e. The third-order valence-electron chi connectivity index (χ3n) is 6.96. The largest absolute Gasteiger partial charge is 0.481 e. The summed E-state index contributed by atoms with van der Waals surface area (Å²) in [5.41, 5.74) is 1.12. The van der Waals surface area contributed by atoms with Gasteiger partial charge in [0.2, 0.25) is 0 Å². The summed E-state index contributed by atoms with van der Waals surface area (Å²) in [5, 5.41) is 9.26. The summed E-state index contributed by atoms with van der Waals surface area (Å²) in [7, 11) is 0. The number of carboxylic acid groups (broad SMARTS) is 1. The number of pyridine rings is 1. The quantitative estimate of drug-likeness (QED) is 0.653. The molecule has 2 aromatic rings. The average Bonchev–Trinajstić information content (AvgIpc) is 2.83. The number of benzene rings is 1. The van der Waals surface area contributed by atoms with Crippen LogP contribution >= 0.6 is 0 Å². The lowest BCUT2D eigenvalue weighted by atomic mass is 9.86. The van der Waals surface area contributed by atoms with Crippen LogP contribution in [0.3, 0.4) is 0 Å². The monoisotopic (exact) mass is 476 g/mol. The Morgan fingerprint density at radius 1 is 1.09 bits per heavy atom. The summed E-state index contributed by atoms with van der Waals surface area (Å²) in [5.74, 6) is -0.542. The van der Waals surface area contributed by atoms with E-state index in [2.05, 4.69) is 20.9 Å². The molecule has 0 aliphatic carbocycles. The van der Waals surface area contributed by atoms with E-state index in [-0.39, 0.29) is 18.4 Å². The number of carboxylic acids is 1. The Balaban J connectivity index is 1.38. The Hall–Kier alpha value is -2.65. The maximum atomic E-state index is 13.1. The number of aromatic nitrogens is 1. The number of rotatable bonds is 7. The van der Waals surface area contributed by atoms with Crippen molar-refractivity contribution in [2.24, 2.45) is 5.92 Å². The van der Waals surface area contributed by atoms with Crippen LogP contribution in [0.1, 0.15) is 30.4 Å². The van der Waals surface area contributed by atoms with Gasteiger partial charge in [0.05, 0.1) is 5.56 Å². The van der Waals surface area contributed by atoms with Gasteiger partial charge in [0.1, 0.15) is 0 Å². The van der Waals surface area contributed by atoms with E-state index < -0.39 is 17.7 Å². The van der Waals surface area contributed by atoms with Crippen LogP contribution in [0, 0.1) is 5.92 Å². The molecule has 2 aliphatic heterocycles. The smallest absolute Gasteiger partial charge is 0.416 e. The standard InChI is InChI=1S/C25H31F3N4O2/c26-25(27,28)21-4-1-5-22(15-21)31-11-13-32(14-12-31)23-8-10-30(17-19-3-2-9-29-16-19)18-20(23)6-7-24(33)34/h1-5,9,15-16,20,23H,6-8,10-14,17-18H2,(H,33,34)/t20-,23+/m1/s1. The van der Waals surface area contributed by atoms with Crippen LogP contribution in [0.2, 0.25) is 0 Å². The summed E-state index contributed by atoms with van der Waals surface area (Å²) >= 11 is 0. The molecule has 0 radical (unpaired) electrons. The van der Waals surface area contributed by atoms with Crippen molar-refractivity contribution >= 4 is 11.7 Å². The van der Waals surface area contributed by atoms with Gasteiger partial charge in [0, 0.05) is 69.8 Å². The third-order valence-corrected chi connectivity index (χ3v) is 6.96. The fourth-order valence-corrected chi connectivity index (χ4v) is 5.25. The Morgan fingerprint density at radius 3 is 2.56 bits per heavy atom. The SMILES string of the molecule is O=C(O)CC[C@@H]1CN(Cc2cccnc2)CC[C@@H]1N1CCN(c2cccc(C(F)(F)F)c2)CC1. The van der Waals surface area contributed by atoms with Gasteiger partial charge < -0.3 is 10.0 Å². The summed E-state index contributed by atoms with van der Waals surface area (Å²) in [6.45, 7) is 5.39. The van der Waals surface area contributed by atoms with Crippen molar-refractivity contribution in [2.45, 2.75) is 38.0 Å². The van der Waals surface area contributed by atoms with E-state index in [4.69, 9.17) is 0 Å². The normalized spacial score (nSPS) is 22.6. The molecule has 2 saturated heterocycles. The topological polar surface area (TPSA) is 59.9 Å². The number of nitrogens with zero attached hydrogens (tertiary/aromatic N) is 4. The van der Waals surface area contributed by atoms with Crippen molar-refractivity contribution < 1.29 is 23.1 Å². The van der Waals surface area contributed by atoms with Gasteiger partial charge in [-0.3, -0.25) is 19.6 Å². The number of hydrogen-bond acceptors (Lipinski definition) is 5. The summed E-state index contributed by atoms with van der Waals surface area (Å²) in [4.78, 5) is 22.3. The second-order valence-electron chi connectivity index (χ2n) is 9.22. The number of hydrogen-bond donors (Lipinski definition) is 1. The fourth-order valence-electron chi connectivity index (χ4n) is 5.25. The molecule has 1 aromatic carbocycles. The number of piperidine rings is 1. The van der Waals surface area contributed by atoms with Crippen molar-refractivity contribution in [1.82, 2.24) is 14.8 Å². The predicted octanol–water partition coefficient (Wildman–Crippen LogP) is 3.98. The summed E-state index contributed by atoms with van der Waals surface area (Å²) in [6, 6.07) is 9.79. The van der Waals surface area contributed by atoms with Crippen LogP contribution in [0.4, 0.5) is 18.9 Å². The molecule has 0 spiro atoms. The highest BCUT2D eigenvalue weighted by molar-refractivity contribution is 5.66. The molecular weight excluding hydrogens is 445 g/mol. The Kier molecular flexibility index (Phi) is 7.73. The van der Waals surface area contributed by atoms with E-state index in [9.17, 15) is 23.1 Å². The van der Waals surface area contributed by atoms with Gasteiger partial charge in [0.25, 0.3) is 0 Å². The molecule has 0 saturated carbocycles. The van der Waals surface area contributed by atoms with Gasteiger partial charge in [-0.05, 0) is 55.1 Å². The molecule has 2 fully saturated rings. The number of alkyl halides is 3. The number of carbonyl (C=O) groups is 1. The summed E-state index contributed by atoms with van der Waals surface area (Å²) in [6.07, 6.45) is 0.992. The fraction of sp³-hybridized carbons (Fsp3) is 0.520. The first-order valence-electron chi connectivity index (χ1n) is 11.8. The van der Waals surface area contributed by atoms with Gasteiger partial charge in [-0.2, -0.15) is 13.2 Å². The van der Waals surface area contributed by atoms with Crippen LogP contribution in [-0.2, 0) is 17.5 Å². The van der Waals surface area contributed by atoms with Crippen LogP contribution in [0.5, 0.6) is 0 Å². The van der Waals surface area contributed by atoms with Gasteiger partial charge in [0.15, 0.2) is 0 Å². The molecule has 9 heteroatoms. The zero-order valence-corrected chi connectivity index (χ0v) is 19.1. The molecule has 0 bridgehead atoms. The molecule has 6 nitrogen and oxygen atoms in total. The minimum Gasteiger partial charge on any atom is -0.481 e. The highest BCUT2D eigenvalue weighted by Gasteiger charge is 2.35. The maximum absolute atomic E-state index is 13.1. The Morgan fingerprint density at radius 2 is 1.88 bits per heavy atom. The molecule has 2 aliphatic rings. The first-order valence-corrected chi connectivity index (χ1v) is 11.8. The lowest BCUT2D eigenvalue weighted by Crippen LogP contribution is -2.56. The van der Waals surface area contributed by atoms with E-state index >= 15 is 0 Å². The van der Waals surface area contributed by atoms with Crippen LogP contribution in [-0.4, -0.2) is 71.2 Å². The number of piperazine rings is 1. The molecule has 0 amide bonds. The van der Waals surface area contributed by atoms with Crippen LogP contribution in [0.25, 0.3) is 0 Å². The number of anilines is 1. The molecule has 3 heterocycles. The molecule has 1 aromatic heterocycles. The van der Waals surface area contributed by atoms with E-state index in [1.54, 1.807) is 12.3 Å². The van der Waals surface area contributed by atoms with Crippen molar-refractivity contribution in [3.8, 4) is 0 Å². The zero-order chi connectivity index (χ0) is 24.1. The molecule has 1 N–H and O–H groups in total. The molecule has 0 unspecified atom stereocenters. The first-order chi connectivity index (χ1) is 16.3. The van der Waals surface area contributed by atoms with Crippen molar-refractivity contribution in [3.05, 3.63) is 59.9 Å². The van der Waals surface area contributed by atoms with E-state index in [0.29, 0.717) is 25.2 Å². The predicted molar refractivity (Wildman–Crippen MR) is 124 cm³/mol. The molecule has 4 rings (SSSR count). The lowest BCUT2D eigenvalue weighted by molar-refractivity contribution is -0.138. The average molecular weight is 477 g/mol. The van der Waals surface area contributed by atoms with Gasteiger partial charge in [-0.15, -0.1) is 0 Å². The minimum absolute atomic E-state index is 0.145. The van der Waals surface area contributed by atoms with Crippen LogP contribution < -0.4 is 4.90 Å². The Labute approximate surface area is 198 Å². The molecular formula is C25H31F3N4O2. The second-order valence-corrected chi connectivity index (χ2v) is 9.22. The molecule has 184 valence electrons. The highest BCUT2D eigenvalue weighted by Crippen LogP contribution is 2.33. The minimum atomic E-state index is -4.35. The number of likely N-dealkylation sites (tertiary alicyclic amines) is 1. The second kappa shape index (κ2) is 10.7. The van der Waals surface area contributed by atoms with Crippen LogP contribution in [0.15, 0.2) is 48.8 Å². The molecule has 2 atom stereocenters. The number of aliphatic carboxylic acids is 1. The lowest BCUT2D eigenvalue weighted by Gasteiger charge is -2.47. The van der Waals surface area contributed by atoms with E-state index in [1.807, 2.05) is 17.2 Å². The van der Waals surface area contributed by atoms with Gasteiger partial charge in [-0.25, -0.2) is 0 Å². The van der Waals surface area contributed by atoms with Crippen molar-refractivity contribution in [3.63, 3.8) is 0 Å². The Bertz CT molecular complexity index is 949. The van der Waals surface area contributed by atoms with E-state index in [1.165, 1.54) is 12.1 Å². The van der Waals surface area contributed by atoms with Crippen molar-refractivity contribution in [2.75, 3.05) is 44.2 Å². The molecule has 34 heavy (non-hydrogen) atoms. The summed E-state index contributed by atoms with van der Waals surface area (Å²) < 4.78 is 39.3. The number of halogens is 3. The van der Waals surface area contributed by atoms with Gasteiger partial charge >= 0.3 is 12.1 Å².